The number of aromatic nitrogens is 2. The van der Waals surface area contributed by atoms with E-state index in [1.54, 1.807) is 17.0 Å². The number of piperazine rings is 1. The van der Waals surface area contributed by atoms with Crippen LogP contribution in [0.2, 0.25) is 5.02 Å². The van der Waals surface area contributed by atoms with Crippen molar-refractivity contribution >= 4 is 29.4 Å². The summed E-state index contributed by atoms with van der Waals surface area (Å²) in [6.45, 7) is 12.9. The predicted molar refractivity (Wildman–Crippen MR) is 157 cm³/mol. The summed E-state index contributed by atoms with van der Waals surface area (Å²) in [5, 5.41) is 0.587. The molecule has 1 aromatic heterocycles. The van der Waals surface area contributed by atoms with Crippen LogP contribution >= 0.6 is 11.6 Å². The minimum absolute atomic E-state index is 0.00112. The molecule has 3 aliphatic rings. The largest absolute Gasteiger partial charge is 0.444 e. The lowest BCUT2D eigenvalue weighted by atomic mass is 9.95. The second kappa shape index (κ2) is 11.4. The Hall–Kier alpha value is -2.94. The van der Waals surface area contributed by atoms with Crippen LogP contribution in [0.5, 0.6) is 0 Å². The van der Waals surface area contributed by atoms with E-state index in [9.17, 15) is 14.0 Å². The van der Waals surface area contributed by atoms with Crippen molar-refractivity contribution in [1.82, 2.24) is 19.8 Å². The van der Waals surface area contributed by atoms with Crippen molar-refractivity contribution in [2.75, 3.05) is 24.5 Å². The molecule has 5 rings (SSSR count). The van der Waals surface area contributed by atoms with Gasteiger partial charge in [0.25, 0.3) is 0 Å². The lowest BCUT2D eigenvalue weighted by Gasteiger charge is -2.44. The van der Waals surface area contributed by atoms with Gasteiger partial charge in [-0.15, -0.1) is 0 Å². The van der Waals surface area contributed by atoms with E-state index in [4.69, 9.17) is 16.3 Å². The summed E-state index contributed by atoms with van der Waals surface area (Å²) in [5.41, 5.74) is 1.57. The maximum absolute atomic E-state index is 14.6. The number of fused-ring (bicyclic) bond motifs is 3. The van der Waals surface area contributed by atoms with Crippen LogP contribution in [0.4, 0.5) is 15.0 Å². The Morgan fingerprint density at radius 1 is 1.12 bits per heavy atom. The molecular formula is C31H41ClFN5O3. The lowest BCUT2D eigenvalue weighted by Crippen LogP contribution is -2.58. The van der Waals surface area contributed by atoms with Gasteiger partial charge in [-0.1, -0.05) is 30.7 Å². The Morgan fingerprint density at radius 2 is 1.76 bits per heavy atom. The SMILES string of the molecule is CC(C)N(C[C@@H](C(=O)N1[C@@H]2CC[C@H]1CN(c1ncnc3c1[C@H](C)C[C@H]3F)C2)c1ccc(Cl)cc1)C(=O)OC(C)(C)C. The zero-order valence-electron chi connectivity index (χ0n) is 24.8. The molecule has 1 aromatic carbocycles. The second-order valence-electron chi connectivity index (χ2n) is 13.0. The fraction of sp³-hybridized carbons (Fsp3) is 0.613. The van der Waals surface area contributed by atoms with E-state index < -0.39 is 23.8 Å². The van der Waals surface area contributed by atoms with Gasteiger partial charge in [-0.25, -0.2) is 19.2 Å². The highest BCUT2D eigenvalue weighted by Gasteiger charge is 2.47. The smallest absolute Gasteiger partial charge is 0.410 e. The molecule has 2 amide bonds. The van der Waals surface area contributed by atoms with Gasteiger partial charge in [0.2, 0.25) is 5.91 Å². The number of nitrogens with zero attached hydrogens (tertiary/aromatic N) is 5. The van der Waals surface area contributed by atoms with Gasteiger partial charge in [0.1, 0.15) is 23.9 Å². The van der Waals surface area contributed by atoms with Crippen LogP contribution in [0.1, 0.15) is 95.6 Å². The number of alkyl halides is 1. The third-order valence-corrected chi connectivity index (χ3v) is 8.73. The number of halogens is 2. The number of hydrogen-bond acceptors (Lipinski definition) is 6. The van der Waals surface area contributed by atoms with Gasteiger partial charge in [0, 0.05) is 48.3 Å². The normalized spacial score (nSPS) is 24.4. The van der Waals surface area contributed by atoms with Gasteiger partial charge in [-0.05, 0) is 77.5 Å². The fourth-order valence-electron chi connectivity index (χ4n) is 6.56. The number of amides is 2. The van der Waals surface area contributed by atoms with E-state index in [1.807, 2.05) is 58.6 Å². The van der Waals surface area contributed by atoms with Crippen molar-refractivity contribution in [3.8, 4) is 0 Å². The first kappa shape index (κ1) is 29.5. The molecule has 10 heteroatoms. The second-order valence-corrected chi connectivity index (χ2v) is 13.4. The van der Waals surface area contributed by atoms with Crippen LogP contribution in [-0.2, 0) is 9.53 Å². The van der Waals surface area contributed by atoms with Crippen LogP contribution in [0.3, 0.4) is 0 Å². The van der Waals surface area contributed by atoms with Gasteiger partial charge >= 0.3 is 6.09 Å². The molecule has 0 saturated carbocycles. The standard InChI is InChI=1S/C31H41ClFN5O3/c1-18(2)37(30(40)41-31(4,5)6)16-24(20-7-9-21(32)10-8-20)29(39)38-22-11-12-23(38)15-36(14-22)28-26-19(3)13-25(33)27(26)34-17-35-28/h7-10,17-19,22-25H,11-16H2,1-6H3/t19-,22-,23+,24-,25-/m1/s1. The third-order valence-electron chi connectivity index (χ3n) is 8.48. The van der Waals surface area contributed by atoms with E-state index in [-0.39, 0.29) is 36.5 Å². The summed E-state index contributed by atoms with van der Waals surface area (Å²) >= 11 is 6.19. The minimum atomic E-state index is -1.06. The molecule has 3 heterocycles. The first-order valence-corrected chi connectivity index (χ1v) is 15.0. The van der Waals surface area contributed by atoms with E-state index in [2.05, 4.69) is 14.9 Å². The number of hydrogen-bond donors (Lipinski definition) is 0. The van der Waals surface area contributed by atoms with Crippen LogP contribution < -0.4 is 4.90 Å². The number of rotatable bonds is 6. The highest BCUT2D eigenvalue weighted by molar-refractivity contribution is 6.30. The quantitative estimate of drug-likeness (QED) is 0.398. The first-order valence-electron chi connectivity index (χ1n) is 14.6. The molecule has 5 atom stereocenters. The topological polar surface area (TPSA) is 78.9 Å². The van der Waals surface area contributed by atoms with Gasteiger partial charge in [0.05, 0.1) is 11.6 Å². The zero-order chi connectivity index (χ0) is 29.6. The monoisotopic (exact) mass is 585 g/mol. The summed E-state index contributed by atoms with van der Waals surface area (Å²) < 4.78 is 20.3. The molecule has 2 bridgehead atoms. The summed E-state index contributed by atoms with van der Waals surface area (Å²) in [6.07, 6.45) is 2.16. The van der Waals surface area contributed by atoms with Gasteiger partial charge in [-0.3, -0.25) is 4.79 Å². The van der Waals surface area contributed by atoms with Crippen LogP contribution in [0.15, 0.2) is 30.6 Å². The highest BCUT2D eigenvalue weighted by Crippen LogP contribution is 2.46. The average molecular weight is 586 g/mol. The number of ether oxygens (including phenoxy) is 1. The van der Waals surface area contributed by atoms with E-state index in [0.29, 0.717) is 30.2 Å². The Labute approximate surface area is 247 Å². The van der Waals surface area contributed by atoms with Crippen molar-refractivity contribution < 1.29 is 18.7 Å². The zero-order valence-corrected chi connectivity index (χ0v) is 25.6. The molecule has 41 heavy (non-hydrogen) atoms. The molecule has 222 valence electrons. The predicted octanol–water partition coefficient (Wildman–Crippen LogP) is 6.26. The molecule has 0 radical (unpaired) electrons. The minimum Gasteiger partial charge on any atom is -0.444 e. The molecule has 0 unspecified atom stereocenters. The maximum Gasteiger partial charge on any atom is 0.410 e. The van der Waals surface area contributed by atoms with E-state index in [1.165, 1.54) is 6.33 Å². The van der Waals surface area contributed by atoms with Crippen molar-refractivity contribution in [2.24, 2.45) is 0 Å². The lowest BCUT2D eigenvalue weighted by molar-refractivity contribution is -0.136. The molecule has 1 aliphatic carbocycles. The Bertz CT molecular complexity index is 1270. The summed E-state index contributed by atoms with van der Waals surface area (Å²) in [4.78, 5) is 42.4. The molecule has 0 spiro atoms. The van der Waals surface area contributed by atoms with Gasteiger partial charge in [-0.2, -0.15) is 0 Å². The maximum atomic E-state index is 14.6. The molecule has 8 nitrogen and oxygen atoms in total. The van der Waals surface area contributed by atoms with Crippen LogP contribution in [-0.4, -0.2) is 75.1 Å². The number of benzene rings is 1. The first-order chi connectivity index (χ1) is 19.3. The Kier molecular flexibility index (Phi) is 8.21. The molecule has 2 fully saturated rings. The molecule has 2 saturated heterocycles. The number of anilines is 1. The number of carbonyl (C=O) groups is 2. The summed E-state index contributed by atoms with van der Waals surface area (Å²) in [6, 6.07) is 7.13. The highest BCUT2D eigenvalue weighted by atomic mass is 35.5. The van der Waals surface area contributed by atoms with Crippen molar-refractivity contribution in [3.63, 3.8) is 0 Å². The Morgan fingerprint density at radius 3 is 2.34 bits per heavy atom. The molecule has 0 N–H and O–H groups in total. The number of carbonyl (C=O) groups excluding carboxylic acids is 2. The van der Waals surface area contributed by atoms with Crippen molar-refractivity contribution in [2.45, 2.75) is 103 Å². The van der Waals surface area contributed by atoms with Crippen molar-refractivity contribution in [1.29, 1.82) is 0 Å². The van der Waals surface area contributed by atoms with Gasteiger partial charge in [0.15, 0.2) is 0 Å². The Balaban J connectivity index is 1.41. The van der Waals surface area contributed by atoms with Gasteiger partial charge < -0.3 is 19.4 Å². The van der Waals surface area contributed by atoms with E-state index in [0.717, 1.165) is 29.8 Å². The van der Waals surface area contributed by atoms with E-state index >= 15 is 0 Å². The molecule has 2 aliphatic heterocycles. The summed E-state index contributed by atoms with van der Waals surface area (Å²) in [5.74, 6) is 0.278. The average Bonchev–Trinajstić information content (AvgIpc) is 3.34. The molecule has 2 aromatic rings. The third kappa shape index (κ3) is 6.01. The fourth-order valence-corrected chi connectivity index (χ4v) is 6.69. The van der Waals surface area contributed by atoms with Crippen molar-refractivity contribution in [3.05, 3.63) is 52.4 Å². The summed E-state index contributed by atoms with van der Waals surface area (Å²) in [7, 11) is 0. The van der Waals surface area contributed by atoms with Crippen LogP contribution in [0, 0.1) is 0 Å². The molecular weight excluding hydrogens is 545 g/mol. The van der Waals surface area contributed by atoms with Crippen LogP contribution in [0.25, 0.3) is 0 Å².